The van der Waals surface area contributed by atoms with Gasteiger partial charge in [-0.2, -0.15) is 0 Å². The molecule has 0 unspecified atom stereocenters. The zero-order valence-corrected chi connectivity index (χ0v) is 9.26. The van der Waals surface area contributed by atoms with Crippen molar-refractivity contribution in [3.05, 3.63) is 60.2 Å². The molecule has 0 saturated heterocycles. The standard InChI is InChI=1S/C15H15N/c1-2-9-15-13(6-1)7-5-8-14(15)12-16-10-3-4-11-16/h1-9H,10-12H2. The lowest BCUT2D eigenvalue weighted by atomic mass is 10.0. The third-order valence-corrected chi connectivity index (χ3v) is 3.17. The molecule has 3 rings (SSSR count). The van der Waals surface area contributed by atoms with Gasteiger partial charge in [-0.1, -0.05) is 54.6 Å². The van der Waals surface area contributed by atoms with Gasteiger partial charge in [0.1, 0.15) is 0 Å². The molecule has 0 atom stereocenters. The molecule has 1 heteroatoms. The molecule has 0 bridgehead atoms. The number of fused-ring (bicyclic) bond motifs is 1. The summed E-state index contributed by atoms with van der Waals surface area (Å²) in [4.78, 5) is 2.45. The predicted octanol–water partition coefficient (Wildman–Crippen LogP) is 3.21. The van der Waals surface area contributed by atoms with Crippen molar-refractivity contribution in [2.45, 2.75) is 6.54 Å². The molecule has 1 aliphatic rings. The normalized spacial score (nSPS) is 16.0. The molecule has 16 heavy (non-hydrogen) atoms. The highest BCUT2D eigenvalue weighted by molar-refractivity contribution is 5.85. The second kappa shape index (κ2) is 4.11. The first-order chi connectivity index (χ1) is 7.93. The van der Waals surface area contributed by atoms with Gasteiger partial charge in [-0.15, -0.1) is 0 Å². The molecule has 0 spiro atoms. The van der Waals surface area contributed by atoms with Gasteiger partial charge in [-0.05, 0) is 16.3 Å². The lowest BCUT2D eigenvalue weighted by molar-refractivity contribution is 0.346. The van der Waals surface area contributed by atoms with Crippen molar-refractivity contribution in [2.24, 2.45) is 0 Å². The summed E-state index contributed by atoms with van der Waals surface area (Å²) in [6, 6.07) is 15.2. The van der Waals surface area contributed by atoms with Gasteiger partial charge in [0.2, 0.25) is 0 Å². The molecule has 80 valence electrons. The zero-order chi connectivity index (χ0) is 10.8. The van der Waals surface area contributed by atoms with Crippen molar-refractivity contribution >= 4 is 10.8 Å². The van der Waals surface area contributed by atoms with Gasteiger partial charge in [0, 0.05) is 19.6 Å². The summed E-state index contributed by atoms with van der Waals surface area (Å²) in [5, 5.41) is 2.73. The molecule has 0 N–H and O–H groups in total. The summed E-state index contributed by atoms with van der Waals surface area (Å²) in [5.74, 6) is 0. The monoisotopic (exact) mass is 209 g/mol. The lowest BCUT2D eigenvalue weighted by Crippen LogP contribution is -2.19. The molecule has 1 heterocycles. The Kier molecular flexibility index (Phi) is 2.47. The minimum Gasteiger partial charge on any atom is -0.292 e. The molecule has 0 fully saturated rings. The van der Waals surface area contributed by atoms with Crippen LogP contribution in [0.25, 0.3) is 10.8 Å². The van der Waals surface area contributed by atoms with E-state index in [2.05, 4.69) is 59.5 Å². The summed E-state index contributed by atoms with van der Waals surface area (Å²) in [6.45, 7) is 3.22. The summed E-state index contributed by atoms with van der Waals surface area (Å²) in [5.41, 5.74) is 1.43. The minimum absolute atomic E-state index is 1.05. The third-order valence-electron chi connectivity index (χ3n) is 3.17. The third kappa shape index (κ3) is 1.74. The second-order valence-corrected chi connectivity index (χ2v) is 4.30. The largest absolute Gasteiger partial charge is 0.292 e. The Bertz CT molecular complexity index is 514. The fraction of sp³-hybridized carbons (Fsp3) is 0.200. The van der Waals surface area contributed by atoms with Crippen LogP contribution >= 0.6 is 0 Å². The van der Waals surface area contributed by atoms with E-state index in [1.165, 1.54) is 16.3 Å². The van der Waals surface area contributed by atoms with Gasteiger partial charge in [0.05, 0.1) is 0 Å². The number of benzene rings is 2. The number of hydrogen-bond donors (Lipinski definition) is 0. The van der Waals surface area contributed by atoms with Crippen LogP contribution in [0, 0.1) is 0 Å². The first-order valence-electron chi connectivity index (χ1n) is 5.77. The number of nitrogens with zero attached hydrogens (tertiary/aromatic N) is 1. The molecule has 2 aromatic carbocycles. The van der Waals surface area contributed by atoms with Crippen molar-refractivity contribution in [3.63, 3.8) is 0 Å². The molecule has 1 aliphatic heterocycles. The Morgan fingerprint density at radius 1 is 0.875 bits per heavy atom. The zero-order valence-electron chi connectivity index (χ0n) is 9.26. The van der Waals surface area contributed by atoms with E-state index in [1.54, 1.807) is 0 Å². The molecule has 0 radical (unpaired) electrons. The van der Waals surface area contributed by atoms with Crippen LogP contribution in [0.1, 0.15) is 5.56 Å². The van der Waals surface area contributed by atoms with E-state index in [9.17, 15) is 0 Å². The maximum absolute atomic E-state index is 2.45. The molecule has 1 nitrogen and oxygen atoms in total. The first kappa shape index (κ1) is 9.61. The van der Waals surface area contributed by atoms with E-state index in [1.807, 2.05) is 0 Å². The van der Waals surface area contributed by atoms with E-state index in [0.29, 0.717) is 0 Å². The molecule has 0 saturated carbocycles. The van der Waals surface area contributed by atoms with Crippen LogP contribution in [-0.4, -0.2) is 18.0 Å². The second-order valence-electron chi connectivity index (χ2n) is 4.30. The average Bonchev–Trinajstić information content (AvgIpc) is 2.82. The van der Waals surface area contributed by atoms with E-state index >= 15 is 0 Å². The maximum Gasteiger partial charge on any atom is 0.0246 e. The Morgan fingerprint density at radius 2 is 1.62 bits per heavy atom. The molecular formula is C15H15N. The summed E-state index contributed by atoms with van der Waals surface area (Å²) < 4.78 is 0. The summed E-state index contributed by atoms with van der Waals surface area (Å²) in [7, 11) is 0. The Hall–Kier alpha value is -1.60. The van der Waals surface area contributed by atoms with Crippen LogP contribution in [-0.2, 0) is 6.54 Å². The van der Waals surface area contributed by atoms with Gasteiger partial charge in [-0.25, -0.2) is 0 Å². The molecular weight excluding hydrogens is 194 g/mol. The van der Waals surface area contributed by atoms with Crippen molar-refractivity contribution in [2.75, 3.05) is 13.1 Å². The molecule has 0 aromatic heterocycles. The van der Waals surface area contributed by atoms with Crippen molar-refractivity contribution in [1.29, 1.82) is 0 Å². The van der Waals surface area contributed by atoms with Crippen molar-refractivity contribution < 1.29 is 0 Å². The van der Waals surface area contributed by atoms with Crippen molar-refractivity contribution in [3.8, 4) is 0 Å². The first-order valence-corrected chi connectivity index (χ1v) is 5.77. The van der Waals surface area contributed by atoms with E-state index in [0.717, 1.165) is 19.6 Å². The van der Waals surface area contributed by atoms with Gasteiger partial charge in [0.15, 0.2) is 0 Å². The SMILES string of the molecule is C1=CCN(Cc2cccc3ccccc23)C1. The van der Waals surface area contributed by atoms with E-state index < -0.39 is 0 Å². The Balaban J connectivity index is 1.96. The predicted molar refractivity (Wildman–Crippen MR) is 68.4 cm³/mol. The molecule has 2 aromatic rings. The van der Waals surface area contributed by atoms with Crippen LogP contribution in [0.4, 0.5) is 0 Å². The van der Waals surface area contributed by atoms with Crippen molar-refractivity contribution in [1.82, 2.24) is 4.90 Å². The fourth-order valence-corrected chi connectivity index (χ4v) is 2.32. The topological polar surface area (TPSA) is 3.24 Å². The van der Waals surface area contributed by atoms with Gasteiger partial charge in [-0.3, -0.25) is 4.90 Å². The minimum atomic E-state index is 1.05. The van der Waals surface area contributed by atoms with Crippen LogP contribution < -0.4 is 0 Å². The Morgan fingerprint density at radius 3 is 2.50 bits per heavy atom. The van der Waals surface area contributed by atoms with Crippen LogP contribution in [0.15, 0.2) is 54.6 Å². The number of hydrogen-bond acceptors (Lipinski definition) is 1. The number of rotatable bonds is 2. The summed E-state index contributed by atoms with van der Waals surface area (Å²) >= 11 is 0. The molecule has 0 aliphatic carbocycles. The van der Waals surface area contributed by atoms with Gasteiger partial charge >= 0.3 is 0 Å². The highest BCUT2D eigenvalue weighted by Crippen LogP contribution is 2.20. The smallest absolute Gasteiger partial charge is 0.0246 e. The summed E-state index contributed by atoms with van der Waals surface area (Å²) in [6.07, 6.45) is 4.48. The van der Waals surface area contributed by atoms with Gasteiger partial charge < -0.3 is 0 Å². The maximum atomic E-state index is 2.45. The van der Waals surface area contributed by atoms with Gasteiger partial charge in [0.25, 0.3) is 0 Å². The van der Waals surface area contributed by atoms with E-state index in [4.69, 9.17) is 0 Å². The fourth-order valence-electron chi connectivity index (χ4n) is 2.32. The highest BCUT2D eigenvalue weighted by Gasteiger charge is 2.08. The average molecular weight is 209 g/mol. The van der Waals surface area contributed by atoms with Crippen LogP contribution in [0.3, 0.4) is 0 Å². The molecule has 0 amide bonds. The van der Waals surface area contributed by atoms with Crippen LogP contribution in [0.5, 0.6) is 0 Å². The Labute approximate surface area is 96.0 Å². The van der Waals surface area contributed by atoms with Crippen LogP contribution in [0.2, 0.25) is 0 Å². The van der Waals surface area contributed by atoms with E-state index in [-0.39, 0.29) is 0 Å². The quantitative estimate of drug-likeness (QED) is 0.686. The highest BCUT2D eigenvalue weighted by atomic mass is 15.1. The lowest BCUT2D eigenvalue weighted by Gasteiger charge is -2.16.